The first-order valence-electron chi connectivity index (χ1n) is 4.88. The molecule has 1 aromatic heterocycles. The molecule has 0 aliphatic carbocycles. The van der Waals surface area contributed by atoms with Crippen LogP contribution in [0.3, 0.4) is 0 Å². The van der Waals surface area contributed by atoms with Gasteiger partial charge in [0.15, 0.2) is 0 Å². The summed E-state index contributed by atoms with van der Waals surface area (Å²) in [6.07, 6.45) is -5.27. The first kappa shape index (κ1) is 13.4. The molecule has 0 fully saturated rings. The molecule has 1 aromatic rings. The second kappa shape index (κ2) is 4.33. The molecule has 2 N–H and O–H groups in total. The summed E-state index contributed by atoms with van der Waals surface area (Å²) >= 11 is 1.35. The van der Waals surface area contributed by atoms with Gasteiger partial charge in [-0.05, 0) is 0 Å². The molecule has 92 valence electrons. The van der Waals surface area contributed by atoms with E-state index in [1.54, 1.807) is 5.38 Å². The molecule has 6 heteroatoms. The van der Waals surface area contributed by atoms with Crippen molar-refractivity contribution in [2.75, 3.05) is 0 Å². The fourth-order valence-electron chi connectivity index (χ4n) is 1.15. The van der Waals surface area contributed by atoms with Crippen molar-refractivity contribution in [3.8, 4) is 0 Å². The average Bonchev–Trinajstić information content (AvgIpc) is 2.46. The van der Waals surface area contributed by atoms with E-state index in [2.05, 4.69) is 4.98 Å². The van der Waals surface area contributed by atoms with Gasteiger partial charge < -0.3 is 5.73 Å². The molecule has 0 saturated heterocycles. The second-order valence-corrected chi connectivity index (χ2v) is 5.61. The molecule has 2 nitrogen and oxygen atoms in total. The van der Waals surface area contributed by atoms with Crippen LogP contribution in [0.15, 0.2) is 5.38 Å². The Morgan fingerprint density at radius 2 is 1.94 bits per heavy atom. The van der Waals surface area contributed by atoms with E-state index in [0.717, 1.165) is 5.01 Å². The largest absolute Gasteiger partial charge is 0.390 e. The molecule has 1 atom stereocenters. The van der Waals surface area contributed by atoms with Crippen molar-refractivity contribution in [2.24, 2.45) is 5.73 Å². The lowest BCUT2D eigenvalue weighted by Gasteiger charge is -2.15. The monoisotopic (exact) mass is 252 g/mol. The maximum Gasteiger partial charge on any atom is 0.390 e. The van der Waals surface area contributed by atoms with E-state index < -0.39 is 18.6 Å². The highest BCUT2D eigenvalue weighted by atomic mass is 32.1. The van der Waals surface area contributed by atoms with Gasteiger partial charge in [0.1, 0.15) is 0 Å². The van der Waals surface area contributed by atoms with Crippen LogP contribution in [-0.4, -0.2) is 11.2 Å². The number of nitrogens with zero attached hydrogens (tertiary/aromatic N) is 1. The molecule has 0 bridgehead atoms. The number of thiazole rings is 1. The normalized spacial score (nSPS) is 15.2. The van der Waals surface area contributed by atoms with E-state index in [1.807, 2.05) is 20.8 Å². The number of aromatic nitrogens is 1. The van der Waals surface area contributed by atoms with Gasteiger partial charge in [0.2, 0.25) is 0 Å². The van der Waals surface area contributed by atoms with Crippen LogP contribution in [-0.2, 0) is 5.41 Å². The van der Waals surface area contributed by atoms with Crippen molar-refractivity contribution in [3.63, 3.8) is 0 Å². The zero-order valence-corrected chi connectivity index (χ0v) is 10.2. The molecular formula is C10H15F3N2S. The molecule has 1 rings (SSSR count). The quantitative estimate of drug-likeness (QED) is 0.876. The minimum Gasteiger partial charge on any atom is -0.322 e. The van der Waals surface area contributed by atoms with E-state index in [1.165, 1.54) is 11.3 Å². The van der Waals surface area contributed by atoms with Gasteiger partial charge in [-0.2, -0.15) is 13.2 Å². The number of hydrogen-bond acceptors (Lipinski definition) is 3. The zero-order valence-electron chi connectivity index (χ0n) is 9.43. The molecular weight excluding hydrogens is 237 g/mol. The summed E-state index contributed by atoms with van der Waals surface area (Å²) in [5.74, 6) is 0. The Bertz CT molecular complexity index is 352. The minimum absolute atomic E-state index is 0.152. The summed E-state index contributed by atoms with van der Waals surface area (Å²) in [5, 5.41) is 2.41. The van der Waals surface area contributed by atoms with Crippen molar-refractivity contribution < 1.29 is 13.2 Å². The van der Waals surface area contributed by atoms with Gasteiger partial charge in [0.05, 0.1) is 23.2 Å². The molecule has 0 spiro atoms. The van der Waals surface area contributed by atoms with Gasteiger partial charge in [-0.15, -0.1) is 11.3 Å². The zero-order chi connectivity index (χ0) is 12.6. The second-order valence-electron chi connectivity index (χ2n) is 4.75. The third-order valence-electron chi connectivity index (χ3n) is 1.99. The molecule has 0 aliphatic heterocycles. The van der Waals surface area contributed by atoms with Gasteiger partial charge in [0.25, 0.3) is 0 Å². The predicted octanol–water partition coefficient (Wildman–Crippen LogP) is 3.39. The Kier molecular flexibility index (Phi) is 3.64. The Morgan fingerprint density at radius 1 is 1.38 bits per heavy atom. The Morgan fingerprint density at radius 3 is 2.31 bits per heavy atom. The highest BCUT2D eigenvalue weighted by Crippen LogP contribution is 2.31. The van der Waals surface area contributed by atoms with Crippen LogP contribution in [0.5, 0.6) is 0 Å². The van der Waals surface area contributed by atoms with Crippen LogP contribution < -0.4 is 5.73 Å². The Balaban J connectivity index is 2.79. The number of rotatable bonds is 2. The van der Waals surface area contributed by atoms with E-state index in [9.17, 15) is 13.2 Å². The van der Waals surface area contributed by atoms with Crippen molar-refractivity contribution in [1.82, 2.24) is 4.98 Å². The van der Waals surface area contributed by atoms with Crippen LogP contribution in [0.4, 0.5) is 13.2 Å². The van der Waals surface area contributed by atoms with Gasteiger partial charge in [-0.3, -0.25) is 0 Å². The topological polar surface area (TPSA) is 38.9 Å². The third-order valence-corrected chi connectivity index (χ3v) is 3.28. The average molecular weight is 252 g/mol. The number of alkyl halides is 3. The standard InChI is InChI=1S/C10H15F3N2S/c1-9(2,3)8-15-7(5-16-8)6(14)4-10(11,12)13/h5-6H,4,14H2,1-3H3. The summed E-state index contributed by atoms with van der Waals surface area (Å²) < 4.78 is 36.4. The SMILES string of the molecule is CC(C)(C)c1nc(C(N)CC(F)(F)F)cs1. The number of nitrogens with two attached hydrogens (primary N) is 1. The molecule has 0 amide bonds. The molecule has 1 unspecified atom stereocenters. The van der Waals surface area contributed by atoms with E-state index >= 15 is 0 Å². The highest BCUT2D eigenvalue weighted by molar-refractivity contribution is 7.09. The lowest BCUT2D eigenvalue weighted by molar-refractivity contribution is -0.138. The van der Waals surface area contributed by atoms with Crippen LogP contribution in [0.2, 0.25) is 0 Å². The fourth-order valence-corrected chi connectivity index (χ4v) is 2.13. The summed E-state index contributed by atoms with van der Waals surface area (Å²) in [5.41, 5.74) is 5.64. The summed E-state index contributed by atoms with van der Waals surface area (Å²) in [6.45, 7) is 5.89. The molecule has 0 aromatic carbocycles. The summed E-state index contributed by atoms with van der Waals surface area (Å²) in [7, 11) is 0. The molecule has 16 heavy (non-hydrogen) atoms. The van der Waals surface area contributed by atoms with E-state index in [4.69, 9.17) is 5.73 Å². The lowest BCUT2D eigenvalue weighted by atomic mass is 9.98. The van der Waals surface area contributed by atoms with E-state index in [0.29, 0.717) is 5.69 Å². The van der Waals surface area contributed by atoms with Crippen molar-refractivity contribution >= 4 is 11.3 Å². The van der Waals surface area contributed by atoms with Gasteiger partial charge in [-0.25, -0.2) is 4.98 Å². The minimum atomic E-state index is -4.25. The number of halogens is 3. The van der Waals surface area contributed by atoms with Gasteiger partial charge in [0, 0.05) is 10.8 Å². The summed E-state index contributed by atoms with van der Waals surface area (Å²) in [4.78, 5) is 4.16. The Labute approximate surface area is 96.7 Å². The highest BCUT2D eigenvalue weighted by Gasteiger charge is 2.32. The third kappa shape index (κ3) is 3.75. The molecule has 0 radical (unpaired) electrons. The number of hydrogen-bond donors (Lipinski definition) is 1. The van der Waals surface area contributed by atoms with Crippen molar-refractivity contribution in [1.29, 1.82) is 0 Å². The first-order valence-corrected chi connectivity index (χ1v) is 5.76. The molecule has 0 saturated carbocycles. The summed E-state index contributed by atoms with van der Waals surface area (Å²) in [6, 6.07) is -1.06. The van der Waals surface area contributed by atoms with Crippen LogP contribution in [0.25, 0.3) is 0 Å². The Hall–Kier alpha value is -0.620. The first-order chi connectivity index (χ1) is 7.09. The van der Waals surface area contributed by atoms with Crippen LogP contribution in [0.1, 0.15) is 43.9 Å². The van der Waals surface area contributed by atoms with Gasteiger partial charge in [-0.1, -0.05) is 20.8 Å². The van der Waals surface area contributed by atoms with Crippen LogP contribution in [0, 0.1) is 0 Å². The lowest BCUT2D eigenvalue weighted by Crippen LogP contribution is -2.21. The molecule has 1 heterocycles. The van der Waals surface area contributed by atoms with Crippen LogP contribution >= 0.6 is 11.3 Å². The maximum atomic E-state index is 12.1. The van der Waals surface area contributed by atoms with Crippen molar-refractivity contribution in [2.45, 2.75) is 44.8 Å². The smallest absolute Gasteiger partial charge is 0.322 e. The molecule has 0 aliphatic rings. The maximum absolute atomic E-state index is 12.1. The van der Waals surface area contributed by atoms with Gasteiger partial charge >= 0.3 is 6.18 Å². The van der Waals surface area contributed by atoms with Crippen molar-refractivity contribution in [3.05, 3.63) is 16.1 Å². The van der Waals surface area contributed by atoms with E-state index in [-0.39, 0.29) is 5.41 Å². The fraction of sp³-hybridized carbons (Fsp3) is 0.700. The predicted molar refractivity (Wildman–Crippen MR) is 58.4 cm³/mol.